The molecule has 0 saturated heterocycles. The minimum atomic E-state index is -0.685. The summed E-state index contributed by atoms with van der Waals surface area (Å²) in [4.78, 5) is 33.3. The van der Waals surface area contributed by atoms with Gasteiger partial charge in [0.1, 0.15) is 11.5 Å². The van der Waals surface area contributed by atoms with Crippen molar-refractivity contribution in [2.24, 2.45) is 0 Å². The van der Waals surface area contributed by atoms with E-state index >= 15 is 0 Å². The Bertz CT molecular complexity index is 1630. The van der Waals surface area contributed by atoms with Crippen LogP contribution in [0.5, 0.6) is 23.0 Å². The van der Waals surface area contributed by atoms with E-state index in [1.165, 1.54) is 0 Å². The van der Waals surface area contributed by atoms with Crippen LogP contribution >= 0.6 is 0 Å². The van der Waals surface area contributed by atoms with E-state index in [2.05, 4.69) is 25.9 Å². The number of ether oxygens (including phenoxy) is 3. The molecule has 0 spiro atoms. The fourth-order valence-corrected chi connectivity index (χ4v) is 3.90. The van der Waals surface area contributed by atoms with Gasteiger partial charge in [0, 0.05) is 34.9 Å². The van der Waals surface area contributed by atoms with E-state index in [-0.39, 0.29) is 0 Å². The number of anilines is 2. The molecule has 10 heteroatoms. The Morgan fingerprint density at radius 1 is 0.684 bits per heavy atom. The molecule has 0 atom stereocenters. The number of hydrogen-bond acceptors (Lipinski definition) is 7. The number of carbonyl (C=O) groups excluding carboxylic acids is 2. The molecular weight excluding hydrogens is 486 g/mol. The second kappa shape index (κ2) is 10.7. The lowest BCUT2D eigenvalue weighted by molar-refractivity contribution is 0.240. The van der Waals surface area contributed by atoms with Crippen LogP contribution in [0.2, 0.25) is 0 Å². The summed E-state index contributed by atoms with van der Waals surface area (Å²) in [6.07, 6.45) is 3.31. The van der Waals surface area contributed by atoms with Gasteiger partial charge in [-0.2, -0.15) is 0 Å². The molecular formula is C28H23N5O5. The molecule has 0 saturated carbocycles. The first-order valence-electron chi connectivity index (χ1n) is 11.6. The number of imide groups is 1. The third-order valence-electron chi connectivity index (χ3n) is 5.67. The molecule has 3 N–H and O–H groups in total. The summed E-state index contributed by atoms with van der Waals surface area (Å²) in [5, 5.41) is 9.07. The number of urea groups is 2. The Kier molecular flexibility index (Phi) is 6.85. The van der Waals surface area contributed by atoms with Crippen molar-refractivity contribution in [2.75, 3.05) is 24.9 Å². The van der Waals surface area contributed by atoms with Crippen LogP contribution in [-0.2, 0) is 0 Å². The van der Waals surface area contributed by atoms with Gasteiger partial charge in [-0.1, -0.05) is 6.07 Å². The van der Waals surface area contributed by atoms with Crippen LogP contribution in [0.1, 0.15) is 0 Å². The molecule has 0 bridgehead atoms. The van der Waals surface area contributed by atoms with E-state index in [0.717, 1.165) is 16.3 Å². The average Bonchev–Trinajstić information content (AvgIpc) is 2.93. The quantitative estimate of drug-likeness (QED) is 0.259. The summed E-state index contributed by atoms with van der Waals surface area (Å²) in [7, 11) is 3.13. The molecule has 0 radical (unpaired) electrons. The lowest BCUT2D eigenvalue weighted by Crippen LogP contribution is -2.37. The van der Waals surface area contributed by atoms with E-state index < -0.39 is 12.1 Å². The molecule has 2 heterocycles. The molecule has 4 amide bonds. The van der Waals surface area contributed by atoms with Gasteiger partial charge in [-0.15, -0.1) is 0 Å². The highest BCUT2D eigenvalue weighted by atomic mass is 16.5. The summed E-state index contributed by atoms with van der Waals surface area (Å²) >= 11 is 0. The number of amides is 4. The first-order valence-corrected chi connectivity index (χ1v) is 11.6. The van der Waals surface area contributed by atoms with E-state index in [1.807, 2.05) is 12.1 Å². The molecule has 0 fully saturated rings. The maximum absolute atomic E-state index is 12.4. The summed E-state index contributed by atoms with van der Waals surface area (Å²) < 4.78 is 16.8. The highest BCUT2D eigenvalue weighted by Gasteiger charge is 2.13. The number of benzene rings is 3. The number of hydrogen-bond donors (Lipinski definition) is 3. The van der Waals surface area contributed by atoms with Crippen LogP contribution in [0.4, 0.5) is 21.0 Å². The first kappa shape index (κ1) is 24.3. The summed E-state index contributed by atoms with van der Waals surface area (Å²) in [5.74, 6) is 2.25. The number of fused-ring (bicyclic) bond motifs is 2. The number of carbonyl (C=O) groups is 2. The van der Waals surface area contributed by atoms with Gasteiger partial charge in [-0.3, -0.25) is 15.3 Å². The maximum Gasteiger partial charge on any atom is 0.327 e. The Hall–Kier alpha value is -5.38. The zero-order valence-electron chi connectivity index (χ0n) is 20.5. The maximum atomic E-state index is 12.4. The summed E-state index contributed by atoms with van der Waals surface area (Å²) in [6.45, 7) is 0. The lowest BCUT2D eigenvalue weighted by atomic mass is 10.2. The van der Waals surface area contributed by atoms with E-state index in [4.69, 9.17) is 14.2 Å². The predicted octanol–water partition coefficient (Wildman–Crippen LogP) is 5.95. The Morgan fingerprint density at radius 3 is 2.21 bits per heavy atom. The van der Waals surface area contributed by atoms with Gasteiger partial charge < -0.3 is 24.8 Å². The van der Waals surface area contributed by atoms with Gasteiger partial charge in [0.25, 0.3) is 0 Å². The molecule has 0 unspecified atom stereocenters. The van der Waals surface area contributed by atoms with E-state index in [1.54, 1.807) is 87.3 Å². The number of rotatable bonds is 6. The smallest absolute Gasteiger partial charge is 0.327 e. The third kappa shape index (κ3) is 5.24. The number of aromatic nitrogens is 2. The van der Waals surface area contributed by atoms with Crippen LogP contribution < -0.4 is 30.2 Å². The average molecular weight is 510 g/mol. The van der Waals surface area contributed by atoms with Crippen molar-refractivity contribution in [1.29, 1.82) is 0 Å². The van der Waals surface area contributed by atoms with E-state index in [0.29, 0.717) is 39.9 Å². The molecule has 5 rings (SSSR count). The molecule has 0 aliphatic rings. The normalized spacial score (nSPS) is 10.6. The largest absolute Gasteiger partial charge is 0.493 e. The first-order chi connectivity index (χ1) is 18.5. The molecule has 2 aromatic heterocycles. The molecule has 0 aliphatic heterocycles. The van der Waals surface area contributed by atoms with Gasteiger partial charge in [0.05, 0.1) is 30.9 Å². The van der Waals surface area contributed by atoms with Crippen molar-refractivity contribution < 1.29 is 23.8 Å². The van der Waals surface area contributed by atoms with Crippen molar-refractivity contribution in [3.63, 3.8) is 0 Å². The highest BCUT2D eigenvalue weighted by molar-refractivity contribution is 6.08. The van der Waals surface area contributed by atoms with Gasteiger partial charge in [0.2, 0.25) is 0 Å². The Morgan fingerprint density at radius 2 is 1.42 bits per heavy atom. The number of methoxy groups -OCH3 is 2. The van der Waals surface area contributed by atoms with Crippen LogP contribution in [0.25, 0.3) is 21.8 Å². The predicted molar refractivity (Wildman–Crippen MR) is 144 cm³/mol. The Labute approximate surface area is 217 Å². The van der Waals surface area contributed by atoms with Crippen molar-refractivity contribution in [3.05, 3.63) is 85.2 Å². The zero-order valence-corrected chi connectivity index (χ0v) is 20.5. The standard InChI is InChI=1S/C28H23N5O5/c1-36-25-15-20-23(16-26(25)37-2)30-14-12-24(20)38-18-10-8-17(9-11-18)31-27(34)33-28(35)32-22-7-3-6-21-19(22)5-4-13-29-21/h3-16H,1-2H3,(H3,31,32,33,34,35). The van der Waals surface area contributed by atoms with Crippen LogP contribution in [0.15, 0.2) is 85.2 Å². The van der Waals surface area contributed by atoms with Gasteiger partial charge in [-0.25, -0.2) is 9.59 Å². The SMILES string of the molecule is COc1cc2nccc(Oc3ccc(NC(=O)NC(=O)Nc4cccc5ncccc45)cc3)c2cc1OC. The number of nitrogens with one attached hydrogen (secondary N) is 3. The fourth-order valence-electron chi connectivity index (χ4n) is 3.90. The van der Waals surface area contributed by atoms with Crippen LogP contribution in [-0.4, -0.2) is 36.2 Å². The minimum Gasteiger partial charge on any atom is -0.493 e. The highest BCUT2D eigenvalue weighted by Crippen LogP contribution is 2.37. The van der Waals surface area contributed by atoms with Crippen molar-refractivity contribution in [1.82, 2.24) is 15.3 Å². The second-order valence-electron chi connectivity index (χ2n) is 8.07. The lowest BCUT2D eigenvalue weighted by Gasteiger charge is -2.13. The van der Waals surface area contributed by atoms with Crippen LogP contribution in [0, 0.1) is 0 Å². The van der Waals surface area contributed by atoms with Gasteiger partial charge in [-0.05, 0) is 60.7 Å². The van der Waals surface area contributed by atoms with Crippen molar-refractivity contribution >= 4 is 45.2 Å². The fraction of sp³-hybridized carbons (Fsp3) is 0.0714. The number of pyridine rings is 2. The van der Waals surface area contributed by atoms with Crippen molar-refractivity contribution in [2.45, 2.75) is 0 Å². The monoisotopic (exact) mass is 509 g/mol. The zero-order chi connectivity index (χ0) is 26.5. The van der Waals surface area contributed by atoms with E-state index in [9.17, 15) is 9.59 Å². The van der Waals surface area contributed by atoms with Crippen LogP contribution in [0.3, 0.4) is 0 Å². The molecule has 10 nitrogen and oxygen atoms in total. The molecule has 190 valence electrons. The molecule has 3 aromatic carbocycles. The van der Waals surface area contributed by atoms with Gasteiger partial charge in [0.15, 0.2) is 11.5 Å². The molecule has 0 aliphatic carbocycles. The molecule has 5 aromatic rings. The van der Waals surface area contributed by atoms with Gasteiger partial charge >= 0.3 is 12.1 Å². The Balaban J connectivity index is 1.22. The minimum absolute atomic E-state index is 0.475. The number of nitrogens with zero attached hydrogens (tertiary/aromatic N) is 2. The van der Waals surface area contributed by atoms with Crippen molar-refractivity contribution in [3.8, 4) is 23.0 Å². The topological polar surface area (TPSA) is 124 Å². The summed E-state index contributed by atoms with van der Waals surface area (Å²) in [5.41, 5.74) is 2.44. The third-order valence-corrected chi connectivity index (χ3v) is 5.67. The second-order valence-corrected chi connectivity index (χ2v) is 8.07. The summed E-state index contributed by atoms with van der Waals surface area (Å²) in [6, 6.07) is 19.7. The molecule has 38 heavy (non-hydrogen) atoms.